The van der Waals surface area contributed by atoms with Crippen LogP contribution in [0, 0.1) is 28.6 Å². The molecule has 3 atom stereocenters. The highest BCUT2D eigenvalue weighted by Crippen LogP contribution is 2.71. The van der Waals surface area contributed by atoms with Gasteiger partial charge in [-0.3, -0.25) is 0 Å². The first kappa shape index (κ1) is 12.0. The van der Waals surface area contributed by atoms with Crippen LogP contribution in [0.3, 0.4) is 0 Å². The van der Waals surface area contributed by atoms with E-state index in [4.69, 9.17) is 0 Å². The third-order valence-corrected chi connectivity index (χ3v) is 7.12. The van der Waals surface area contributed by atoms with E-state index in [2.05, 4.69) is 20.8 Å². The van der Waals surface area contributed by atoms with Gasteiger partial charge < -0.3 is 5.11 Å². The largest absolute Gasteiger partial charge is 0.393 e. The smallest absolute Gasteiger partial charge is 0.0540 e. The molecule has 17 heavy (non-hydrogen) atoms. The van der Waals surface area contributed by atoms with Crippen molar-refractivity contribution in [1.82, 2.24) is 0 Å². The molecule has 0 radical (unpaired) electrons. The molecular formula is C16H28O. The standard InChI is InChI=1S/C16H28O/c1-15(2)12-6-9-14(16(15,3)10-12)11-4-7-13(17)8-5-11/h11-14,17H,4-10H2,1-3H3. The summed E-state index contributed by atoms with van der Waals surface area (Å²) in [6.07, 6.45) is 9.08. The summed E-state index contributed by atoms with van der Waals surface area (Å²) in [5.74, 6) is 2.84. The lowest BCUT2D eigenvalue weighted by molar-refractivity contribution is -0.204. The maximum atomic E-state index is 9.67. The van der Waals surface area contributed by atoms with E-state index in [0.29, 0.717) is 10.8 Å². The van der Waals surface area contributed by atoms with Gasteiger partial charge in [0.2, 0.25) is 0 Å². The molecule has 4 aliphatic carbocycles. The first-order valence-electron chi connectivity index (χ1n) is 7.63. The van der Waals surface area contributed by atoms with Crippen LogP contribution in [0.15, 0.2) is 0 Å². The van der Waals surface area contributed by atoms with E-state index >= 15 is 0 Å². The second-order valence-corrected chi connectivity index (χ2v) is 7.79. The van der Waals surface area contributed by atoms with Gasteiger partial charge in [-0.05, 0) is 73.5 Å². The third kappa shape index (κ3) is 1.54. The molecule has 0 aromatic carbocycles. The summed E-state index contributed by atoms with van der Waals surface area (Å²) in [5.41, 5.74) is 1.18. The highest BCUT2D eigenvalue weighted by Gasteiger charge is 2.63. The van der Waals surface area contributed by atoms with E-state index in [-0.39, 0.29) is 6.10 Å². The minimum absolute atomic E-state index is 0.00444. The minimum atomic E-state index is 0.00444. The van der Waals surface area contributed by atoms with Crippen LogP contribution in [0.25, 0.3) is 0 Å². The molecule has 98 valence electrons. The lowest BCUT2D eigenvalue weighted by Crippen LogP contribution is -2.62. The predicted octanol–water partition coefficient (Wildman–Crippen LogP) is 4.00. The molecule has 0 aromatic heterocycles. The molecular weight excluding hydrogens is 208 g/mol. The maximum Gasteiger partial charge on any atom is 0.0540 e. The van der Waals surface area contributed by atoms with Crippen LogP contribution in [-0.2, 0) is 0 Å². The Morgan fingerprint density at radius 3 is 2.12 bits per heavy atom. The summed E-state index contributed by atoms with van der Waals surface area (Å²) in [6.45, 7) is 7.56. The van der Waals surface area contributed by atoms with E-state index in [9.17, 15) is 5.11 Å². The van der Waals surface area contributed by atoms with Crippen molar-refractivity contribution in [2.24, 2.45) is 28.6 Å². The number of fused-ring (bicyclic) bond motifs is 2. The number of aliphatic hydroxyl groups is 1. The van der Waals surface area contributed by atoms with Crippen LogP contribution in [0.1, 0.15) is 65.7 Å². The fraction of sp³-hybridized carbons (Fsp3) is 1.00. The van der Waals surface area contributed by atoms with Crippen molar-refractivity contribution >= 4 is 0 Å². The van der Waals surface area contributed by atoms with Crippen molar-refractivity contribution in [3.8, 4) is 0 Å². The molecule has 1 heteroatoms. The first-order valence-corrected chi connectivity index (χ1v) is 7.63. The number of rotatable bonds is 1. The molecule has 0 spiro atoms. The van der Waals surface area contributed by atoms with E-state index in [1.807, 2.05) is 0 Å². The highest BCUT2D eigenvalue weighted by molar-refractivity contribution is 5.12. The van der Waals surface area contributed by atoms with Gasteiger partial charge in [0.15, 0.2) is 0 Å². The molecule has 3 unspecified atom stereocenters. The number of aliphatic hydroxyl groups excluding tert-OH is 1. The second-order valence-electron chi connectivity index (χ2n) is 7.79. The van der Waals surface area contributed by atoms with Crippen molar-refractivity contribution in [2.75, 3.05) is 0 Å². The first-order chi connectivity index (χ1) is 7.95. The number of hydrogen-bond acceptors (Lipinski definition) is 1. The molecule has 4 fully saturated rings. The van der Waals surface area contributed by atoms with Gasteiger partial charge in [0.05, 0.1) is 6.10 Å². The van der Waals surface area contributed by atoms with Gasteiger partial charge in [-0.25, -0.2) is 0 Å². The number of hydrogen-bond donors (Lipinski definition) is 1. The Balaban J connectivity index is 1.75. The third-order valence-electron chi connectivity index (χ3n) is 7.12. The summed E-state index contributed by atoms with van der Waals surface area (Å²) in [4.78, 5) is 0. The second kappa shape index (κ2) is 3.73. The van der Waals surface area contributed by atoms with Crippen molar-refractivity contribution in [2.45, 2.75) is 71.8 Å². The van der Waals surface area contributed by atoms with Gasteiger partial charge in [0.25, 0.3) is 0 Å². The molecule has 0 saturated heterocycles. The summed E-state index contributed by atoms with van der Waals surface area (Å²) < 4.78 is 0. The molecule has 4 saturated carbocycles. The van der Waals surface area contributed by atoms with Crippen LogP contribution in [0.2, 0.25) is 0 Å². The van der Waals surface area contributed by atoms with Crippen LogP contribution in [0.4, 0.5) is 0 Å². The zero-order valence-electron chi connectivity index (χ0n) is 11.7. The molecule has 0 aromatic rings. The predicted molar refractivity (Wildman–Crippen MR) is 70.7 cm³/mol. The van der Waals surface area contributed by atoms with E-state index < -0.39 is 0 Å². The summed E-state index contributed by atoms with van der Waals surface area (Å²) >= 11 is 0. The van der Waals surface area contributed by atoms with Crippen molar-refractivity contribution in [3.63, 3.8) is 0 Å². The molecule has 4 aliphatic rings. The van der Waals surface area contributed by atoms with Gasteiger partial charge in [-0.1, -0.05) is 20.8 Å². The van der Waals surface area contributed by atoms with Gasteiger partial charge in [0.1, 0.15) is 0 Å². The molecule has 2 bridgehead atoms. The molecule has 0 amide bonds. The Hall–Kier alpha value is -0.0400. The topological polar surface area (TPSA) is 20.2 Å². The molecule has 4 rings (SSSR count). The Bertz CT molecular complexity index is 301. The van der Waals surface area contributed by atoms with Crippen LogP contribution in [-0.4, -0.2) is 11.2 Å². The Labute approximate surface area is 106 Å². The van der Waals surface area contributed by atoms with Crippen LogP contribution >= 0.6 is 0 Å². The van der Waals surface area contributed by atoms with Gasteiger partial charge in [-0.15, -0.1) is 0 Å². The Morgan fingerprint density at radius 1 is 0.882 bits per heavy atom. The van der Waals surface area contributed by atoms with Crippen LogP contribution < -0.4 is 0 Å². The van der Waals surface area contributed by atoms with Gasteiger partial charge in [-0.2, -0.15) is 0 Å². The molecule has 1 N–H and O–H groups in total. The van der Waals surface area contributed by atoms with E-state index in [1.54, 1.807) is 0 Å². The lowest BCUT2D eigenvalue weighted by atomic mass is 9.35. The maximum absolute atomic E-state index is 9.67. The van der Waals surface area contributed by atoms with Crippen molar-refractivity contribution < 1.29 is 5.11 Å². The molecule has 0 aliphatic heterocycles. The summed E-state index contributed by atoms with van der Waals surface area (Å²) in [5, 5.41) is 9.67. The van der Waals surface area contributed by atoms with Crippen molar-refractivity contribution in [3.05, 3.63) is 0 Å². The Morgan fingerprint density at radius 2 is 1.53 bits per heavy atom. The van der Waals surface area contributed by atoms with E-state index in [0.717, 1.165) is 30.6 Å². The van der Waals surface area contributed by atoms with Gasteiger partial charge >= 0.3 is 0 Å². The monoisotopic (exact) mass is 236 g/mol. The Kier molecular flexibility index (Phi) is 2.63. The summed E-state index contributed by atoms with van der Waals surface area (Å²) in [6, 6.07) is 0. The average molecular weight is 236 g/mol. The van der Waals surface area contributed by atoms with Crippen molar-refractivity contribution in [1.29, 1.82) is 0 Å². The van der Waals surface area contributed by atoms with Crippen LogP contribution in [0.5, 0.6) is 0 Å². The lowest BCUT2D eigenvalue weighted by Gasteiger charge is -2.69. The molecule has 0 heterocycles. The van der Waals surface area contributed by atoms with Gasteiger partial charge in [0, 0.05) is 0 Å². The highest BCUT2D eigenvalue weighted by atomic mass is 16.3. The quantitative estimate of drug-likeness (QED) is 0.729. The zero-order chi connectivity index (χ0) is 12.3. The minimum Gasteiger partial charge on any atom is -0.393 e. The average Bonchev–Trinajstić information content (AvgIpc) is 2.30. The summed E-state index contributed by atoms with van der Waals surface area (Å²) in [7, 11) is 0. The fourth-order valence-electron chi connectivity index (χ4n) is 5.42. The molecule has 1 nitrogen and oxygen atoms in total. The SMILES string of the molecule is CC1(C)C2CCC(C3CCC(O)CC3)C1(C)C2. The zero-order valence-corrected chi connectivity index (χ0v) is 11.7. The van der Waals surface area contributed by atoms with E-state index in [1.165, 1.54) is 32.1 Å². The normalized spacial score (nSPS) is 52.9. The fourth-order valence-corrected chi connectivity index (χ4v) is 5.42.